The van der Waals surface area contributed by atoms with Crippen LogP contribution in [0.15, 0.2) is 18.2 Å². The first-order valence-electron chi connectivity index (χ1n) is 7.15. The minimum atomic E-state index is -0.316. The Labute approximate surface area is 116 Å². The topological polar surface area (TPSA) is 44.5 Å². The molecule has 1 aromatic rings. The van der Waals surface area contributed by atoms with Crippen LogP contribution in [0.4, 0.5) is 0 Å². The number of nitrogens with two attached hydrogens (primary N) is 1. The Kier molecular flexibility index (Phi) is 4.35. The molecule has 1 aromatic carbocycles. The molecule has 0 unspecified atom stereocenters. The number of methoxy groups -OCH3 is 2. The molecule has 0 saturated heterocycles. The van der Waals surface area contributed by atoms with Gasteiger partial charge in [0.1, 0.15) is 11.5 Å². The van der Waals surface area contributed by atoms with E-state index in [0.717, 1.165) is 35.8 Å². The zero-order chi connectivity index (χ0) is 13.9. The Morgan fingerprint density at radius 3 is 2.11 bits per heavy atom. The highest BCUT2D eigenvalue weighted by Crippen LogP contribution is 2.45. The summed E-state index contributed by atoms with van der Waals surface area (Å²) in [5.41, 5.74) is 7.41. The molecule has 1 aliphatic rings. The molecule has 106 valence electrons. The zero-order valence-electron chi connectivity index (χ0n) is 12.2. The third-order valence-electron chi connectivity index (χ3n) is 4.50. The third kappa shape index (κ3) is 2.71. The Hall–Kier alpha value is -1.22. The van der Waals surface area contributed by atoms with Crippen molar-refractivity contribution in [3.05, 3.63) is 23.8 Å². The summed E-state index contributed by atoms with van der Waals surface area (Å²) in [5, 5.41) is 0. The summed E-state index contributed by atoms with van der Waals surface area (Å²) in [6, 6.07) is 5.89. The molecule has 3 nitrogen and oxygen atoms in total. The molecule has 2 rings (SSSR count). The van der Waals surface area contributed by atoms with E-state index in [-0.39, 0.29) is 5.54 Å². The van der Waals surface area contributed by atoms with Gasteiger partial charge in [0.25, 0.3) is 0 Å². The van der Waals surface area contributed by atoms with E-state index in [1.807, 2.05) is 18.2 Å². The van der Waals surface area contributed by atoms with Crippen molar-refractivity contribution in [2.75, 3.05) is 14.2 Å². The fraction of sp³-hybridized carbons (Fsp3) is 0.625. The van der Waals surface area contributed by atoms with Crippen molar-refractivity contribution in [2.24, 2.45) is 11.7 Å². The molecule has 0 atom stereocenters. The van der Waals surface area contributed by atoms with Crippen LogP contribution >= 0.6 is 0 Å². The molecule has 0 aliphatic heterocycles. The summed E-state index contributed by atoms with van der Waals surface area (Å²) in [4.78, 5) is 0. The van der Waals surface area contributed by atoms with Crippen LogP contribution in [0.3, 0.4) is 0 Å². The van der Waals surface area contributed by atoms with E-state index in [4.69, 9.17) is 15.2 Å². The molecule has 0 spiro atoms. The maximum Gasteiger partial charge on any atom is 0.127 e. The van der Waals surface area contributed by atoms with Gasteiger partial charge in [0.05, 0.1) is 19.8 Å². The van der Waals surface area contributed by atoms with Gasteiger partial charge in [-0.1, -0.05) is 19.4 Å². The summed E-state index contributed by atoms with van der Waals surface area (Å²) >= 11 is 0. The minimum Gasteiger partial charge on any atom is -0.496 e. The van der Waals surface area contributed by atoms with Crippen molar-refractivity contribution in [1.82, 2.24) is 0 Å². The van der Waals surface area contributed by atoms with Crippen LogP contribution in [-0.4, -0.2) is 14.2 Å². The molecule has 2 N–H and O–H groups in total. The summed E-state index contributed by atoms with van der Waals surface area (Å²) in [6.45, 7) is 2.26. The summed E-state index contributed by atoms with van der Waals surface area (Å²) < 4.78 is 11.0. The van der Waals surface area contributed by atoms with Gasteiger partial charge >= 0.3 is 0 Å². The first-order valence-corrected chi connectivity index (χ1v) is 7.15. The maximum absolute atomic E-state index is 6.69. The molecule has 0 heterocycles. The second-order valence-corrected chi connectivity index (χ2v) is 5.55. The lowest BCUT2D eigenvalue weighted by molar-refractivity contribution is 0.220. The molecular weight excluding hydrogens is 238 g/mol. The summed E-state index contributed by atoms with van der Waals surface area (Å²) in [6.07, 6.45) is 5.63. The zero-order valence-corrected chi connectivity index (χ0v) is 12.2. The van der Waals surface area contributed by atoms with Crippen LogP contribution in [0.1, 0.15) is 44.6 Å². The molecule has 0 aromatic heterocycles. The predicted molar refractivity (Wildman–Crippen MR) is 77.7 cm³/mol. The van der Waals surface area contributed by atoms with E-state index in [9.17, 15) is 0 Å². The lowest BCUT2D eigenvalue weighted by Crippen LogP contribution is -2.41. The SMILES string of the molecule is CCC1CCC(N)(c2c(OC)cccc2OC)CC1. The van der Waals surface area contributed by atoms with Gasteiger partial charge in [0.15, 0.2) is 0 Å². The normalized spacial score (nSPS) is 27.1. The second kappa shape index (κ2) is 5.83. The first-order chi connectivity index (χ1) is 9.14. The Morgan fingerprint density at radius 2 is 1.68 bits per heavy atom. The molecule has 0 amide bonds. The Morgan fingerprint density at radius 1 is 1.16 bits per heavy atom. The van der Waals surface area contributed by atoms with Crippen LogP contribution in [0.25, 0.3) is 0 Å². The molecule has 3 heteroatoms. The van der Waals surface area contributed by atoms with Crippen LogP contribution in [-0.2, 0) is 5.54 Å². The van der Waals surface area contributed by atoms with E-state index in [0.29, 0.717) is 0 Å². The lowest BCUT2D eigenvalue weighted by atomic mass is 9.72. The standard InChI is InChI=1S/C16H25NO2/c1-4-12-8-10-16(17,11-9-12)15-13(18-2)6-5-7-14(15)19-3/h5-7,12H,4,8-11,17H2,1-3H3. The average molecular weight is 263 g/mol. The van der Waals surface area contributed by atoms with Crippen molar-refractivity contribution in [3.63, 3.8) is 0 Å². The van der Waals surface area contributed by atoms with Gasteiger partial charge in [-0.3, -0.25) is 0 Å². The summed E-state index contributed by atoms with van der Waals surface area (Å²) in [5.74, 6) is 2.51. The number of hydrogen-bond acceptors (Lipinski definition) is 3. The largest absolute Gasteiger partial charge is 0.496 e. The van der Waals surface area contributed by atoms with Gasteiger partial charge in [0, 0.05) is 5.54 Å². The van der Waals surface area contributed by atoms with Gasteiger partial charge in [-0.05, 0) is 43.7 Å². The third-order valence-corrected chi connectivity index (χ3v) is 4.50. The molecular formula is C16H25NO2. The fourth-order valence-corrected chi connectivity index (χ4v) is 3.19. The minimum absolute atomic E-state index is 0.316. The van der Waals surface area contributed by atoms with Crippen molar-refractivity contribution < 1.29 is 9.47 Å². The highest BCUT2D eigenvalue weighted by molar-refractivity contribution is 5.49. The van der Waals surface area contributed by atoms with Crippen molar-refractivity contribution in [2.45, 2.75) is 44.6 Å². The molecule has 0 radical (unpaired) electrons. The molecule has 1 fully saturated rings. The van der Waals surface area contributed by atoms with Crippen LogP contribution in [0.2, 0.25) is 0 Å². The molecule has 1 saturated carbocycles. The van der Waals surface area contributed by atoms with Gasteiger partial charge in [-0.15, -0.1) is 0 Å². The first kappa shape index (κ1) is 14.2. The molecule has 19 heavy (non-hydrogen) atoms. The van der Waals surface area contributed by atoms with Crippen molar-refractivity contribution in [3.8, 4) is 11.5 Å². The van der Waals surface area contributed by atoms with Gasteiger partial charge < -0.3 is 15.2 Å². The predicted octanol–water partition coefficient (Wildman–Crippen LogP) is 3.46. The summed E-state index contributed by atoms with van der Waals surface area (Å²) in [7, 11) is 3.39. The van der Waals surface area contributed by atoms with Gasteiger partial charge in [-0.25, -0.2) is 0 Å². The van der Waals surface area contributed by atoms with E-state index >= 15 is 0 Å². The number of rotatable bonds is 4. The highest BCUT2D eigenvalue weighted by Gasteiger charge is 2.37. The van der Waals surface area contributed by atoms with Crippen molar-refractivity contribution >= 4 is 0 Å². The maximum atomic E-state index is 6.69. The smallest absolute Gasteiger partial charge is 0.127 e. The van der Waals surface area contributed by atoms with E-state index in [1.165, 1.54) is 19.3 Å². The Bertz CT molecular complexity index is 401. The quantitative estimate of drug-likeness (QED) is 0.904. The van der Waals surface area contributed by atoms with E-state index in [1.54, 1.807) is 14.2 Å². The van der Waals surface area contributed by atoms with Crippen LogP contribution in [0.5, 0.6) is 11.5 Å². The Balaban J connectivity index is 2.35. The number of ether oxygens (including phenoxy) is 2. The number of hydrogen-bond donors (Lipinski definition) is 1. The second-order valence-electron chi connectivity index (χ2n) is 5.55. The lowest BCUT2D eigenvalue weighted by Gasteiger charge is -2.38. The van der Waals surface area contributed by atoms with Gasteiger partial charge in [0.2, 0.25) is 0 Å². The van der Waals surface area contributed by atoms with Gasteiger partial charge in [-0.2, -0.15) is 0 Å². The van der Waals surface area contributed by atoms with E-state index < -0.39 is 0 Å². The monoisotopic (exact) mass is 263 g/mol. The average Bonchev–Trinajstić information content (AvgIpc) is 2.47. The highest BCUT2D eigenvalue weighted by atomic mass is 16.5. The molecule has 1 aliphatic carbocycles. The number of benzene rings is 1. The molecule has 0 bridgehead atoms. The van der Waals surface area contributed by atoms with E-state index in [2.05, 4.69) is 6.92 Å². The van der Waals surface area contributed by atoms with Crippen LogP contribution in [0, 0.1) is 5.92 Å². The fourth-order valence-electron chi connectivity index (χ4n) is 3.19. The van der Waals surface area contributed by atoms with Crippen LogP contribution < -0.4 is 15.2 Å². The van der Waals surface area contributed by atoms with Crippen molar-refractivity contribution in [1.29, 1.82) is 0 Å².